The monoisotopic (exact) mass is 330 g/mol. The molecular weight excluding hydrogens is 319 g/mol. The fraction of sp³-hybridized carbons (Fsp3) is 0.176. The van der Waals surface area contributed by atoms with Crippen molar-refractivity contribution in [3.63, 3.8) is 0 Å². The number of anilines is 1. The van der Waals surface area contributed by atoms with Crippen LogP contribution in [-0.2, 0) is 4.79 Å². The summed E-state index contributed by atoms with van der Waals surface area (Å²) in [6.07, 6.45) is 0.317. The number of carbonyl (C=O) groups excluding carboxylic acids is 1. The van der Waals surface area contributed by atoms with E-state index >= 15 is 0 Å². The zero-order chi connectivity index (χ0) is 16.0. The second-order valence-electron chi connectivity index (χ2n) is 5.55. The molecule has 1 fully saturated rings. The van der Waals surface area contributed by atoms with E-state index in [2.05, 4.69) is 4.98 Å². The van der Waals surface area contributed by atoms with Gasteiger partial charge in [-0.1, -0.05) is 11.6 Å². The van der Waals surface area contributed by atoms with Crippen LogP contribution in [0.1, 0.15) is 18.2 Å². The van der Waals surface area contributed by atoms with E-state index in [1.54, 1.807) is 35.2 Å². The summed E-state index contributed by atoms with van der Waals surface area (Å²) in [5, 5.41) is 0.591. The number of rotatable bonds is 2. The Morgan fingerprint density at radius 1 is 1.22 bits per heavy atom. The van der Waals surface area contributed by atoms with Crippen molar-refractivity contribution in [3.05, 3.63) is 59.2 Å². The van der Waals surface area contributed by atoms with Crippen molar-refractivity contribution in [3.8, 4) is 0 Å². The van der Waals surface area contributed by atoms with Crippen molar-refractivity contribution in [2.24, 2.45) is 0 Å². The van der Waals surface area contributed by atoms with E-state index in [4.69, 9.17) is 16.0 Å². The Hall–Kier alpha value is -2.40. The topological polar surface area (TPSA) is 46.3 Å². The molecular formula is C17H12ClFN2O2. The molecule has 1 atom stereocenters. The zero-order valence-electron chi connectivity index (χ0n) is 12.0. The smallest absolute Gasteiger partial charge is 0.227 e. The first-order valence-corrected chi connectivity index (χ1v) is 7.60. The molecule has 6 heteroatoms. The molecule has 2 aromatic carbocycles. The van der Waals surface area contributed by atoms with Crippen LogP contribution in [0.15, 0.2) is 46.9 Å². The van der Waals surface area contributed by atoms with Gasteiger partial charge in [0.05, 0.1) is 5.92 Å². The maximum Gasteiger partial charge on any atom is 0.227 e. The van der Waals surface area contributed by atoms with Gasteiger partial charge in [-0.3, -0.25) is 4.79 Å². The lowest BCUT2D eigenvalue weighted by atomic mass is 10.1. The van der Waals surface area contributed by atoms with Crippen LogP contribution in [-0.4, -0.2) is 17.4 Å². The van der Waals surface area contributed by atoms with Gasteiger partial charge in [-0.05, 0) is 42.5 Å². The molecule has 2 heterocycles. The highest BCUT2D eigenvalue weighted by atomic mass is 35.5. The first-order valence-electron chi connectivity index (χ1n) is 7.22. The lowest BCUT2D eigenvalue weighted by Crippen LogP contribution is -2.24. The Morgan fingerprint density at radius 3 is 2.78 bits per heavy atom. The number of aromatic nitrogens is 1. The lowest BCUT2D eigenvalue weighted by molar-refractivity contribution is -0.117. The maximum absolute atomic E-state index is 13.0. The summed E-state index contributed by atoms with van der Waals surface area (Å²) in [5.74, 6) is 0.0497. The van der Waals surface area contributed by atoms with E-state index in [-0.39, 0.29) is 17.6 Å². The predicted molar refractivity (Wildman–Crippen MR) is 85.1 cm³/mol. The van der Waals surface area contributed by atoms with Crippen LogP contribution in [0, 0.1) is 5.82 Å². The van der Waals surface area contributed by atoms with Crippen molar-refractivity contribution >= 4 is 34.3 Å². The molecule has 4 nitrogen and oxygen atoms in total. The second kappa shape index (κ2) is 5.35. The van der Waals surface area contributed by atoms with Crippen molar-refractivity contribution in [2.45, 2.75) is 12.3 Å². The van der Waals surface area contributed by atoms with Crippen molar-refractivity contribution in [1.82, 2.24) is 4.98 Å². The maximum atomic E-state index is 13.0. The summed E-state index contributed by atoms with van der Waals surface area (Å²) in [7, 11) is 0. The van der Waals surface area contributed by atoms with E-state index in [1.807, 2.05) is 0 Å². The molecule has 0 saturated carbocycles. The highest BCUT2D eigenvalue weighted by molar-refractivity contribution is 6.31. The van der Waals surface area contributed by atoms with Crippen LogP contribution in [0.2, 0.25) is 5.02 Å². The second-order valence-corrected chi connectivity index (χ2v) is 5.98. The third kappa shape index (κ3) is 2.57. The van der Waals surface area contributed by atoms with E-state index in [0.717, 1.165) is 0 Å². The summed E-state index contributed by atoms with van der Waals surface area (Å²) >= 11 is 5.95. The first-order chi connectivity index (χ1) is 11.1. The number of hydrogen-bond acceptors (Lipinski definition) is 3. The van der Waals surface area contributed by atoms with Gasteiger partial charge in [-0.2, -0.15) is 0 Å². The number of amides is 1. The number of benzene rings is 2. The van der Waals surface area contributed by atoms with Crippen LogP contribution in [0.3, 0.4) is 0 Å². The first kappa shape index (κ1) is 14.2. The number of halogens is 2. The number of oxazole rings is 1. The van der Waals surface area contributed by atoms with Gasteiger partial charge >= 0.3 is 0 Å². The van der Waals surface area contributed by atoms with E-state index < -0.39 is 0 Å². The Kier molecular flexibility index (Phi) is 3.31. The molecule has 1 amide bonds. The normalized spacial score (nSPS) is 18.1. The minimum absolute atomic E-state index is 0.0260. The van der Waals surface area contributed by atoms with Gasteiger partial charge in [0.25, 0.3) is 0 Å². The quantitative estimate of drug-likeness (QED) is 0.709. The highest BCUT2D eigenvalue weighted by Gasteiger charge is 2.34. The van der Waals surface area contributed by atoms with E-state index in [0.29, 0.717) is 40.7 Å². The molecule has 0 unspecified atom stereocenters. The van der Waals surface area contributed by atoms with E-state index in [1.165, 1.54) is 12.1 Å². The van der Waals surface area contributed by atoms with Crippen molar-refractivity contribution in [1.29, 1.82) is 0 Å². The molecule has 0 N–H and O–H groups in total. The SMILES string of the molecule is O=C1C[C@H](c2nc3cc(Cl)ccc3o2)CN1c1ccc(F)cc1. The largest absolute Gasteiger partial charge is 0.440 e. The van der Waals surface area contributed by atoms with Crippen LogP contribution in [0.25, 0.3) is 11.1 Å². The van der Waals surface area contributed by atoms with E-state index in [9.17, 15) is 9.18 Å². The van der Waals surface area contributed by atoms with Crippen LogP contribution < -0.4 is 4.90 Å². The minimum atomic E-state index is -0.326. The fourth-order valence-electron chi connectivity index (χ4n) is 2.84. The molecule has 0 spiro atoms. The van der Waals surface area contributed by atoms with Gasteiger partial charge in [-0.15, -0.1) is 0 Å². The zero-order valence-corrected chi connectivity index (χ0v) is 12.8. The molecule has 23 heavy (non-hydrogen) atoms. The molecule has 1 aliphatic rings. The molecule has 4 rings (SSSR count). The van der Waals surface area contributed by atoms with Crippen LogP contribution in [0.4, 0.5) is 10.1 Å². The van der Waals surface area contributed by atoms with Gasteiger partial charge in [-0.25, -0.2) is 9.37 Å². The molecule has 1 aliphatic heterocycles. The molecule has 3 aromatic rings. The Balaban J connectivity index is 1.62. The molecule has 116 valence electrons. The number of fused-ring (bicyclic) bond motifs is 1. The standard InChI is InChI=1S/C17H12ClFN2O2/c18-11-1-6-15-14(8-11)20-17(23-15)10-7-16(22)21(9-10)13-4-2-12(19)3-5-13/h1-6,8,10H,7,9H2/t10-/m0/s1. The minimum Gasteiger partial charge on any atom is -0.440 e. The summed E-state index contributed by atoms with van der Waals surface area (Å²) in [4.78, 5) is 18.3. The van der Waals surface area contributed by atoms with Gasteiger partial charge in [0.1, 0.15) is 11.3 Å². The van der Waals surface area contributed by atoms with Gasteiger partial charge in [0.2, 0.25) is 11.8 Å². The fourth-order valence-corrected chi connectivity index (χ4v) is 3.00. The predicted octanol–water partition coefficient (Wildman–Crippen LogP) is 4.14. The summed E-state index contributed by atoms with van der Waals surface area (Å²) in [5.41, 5.74) is 2.01. The molecule has 0 aliphatic carbocycles. The number of carbonyl (C=O) groups is 1. The van der Waals surface area contributed by atoms with Gasteiger partial charge < -0.3 is 9.32 Å². The van der Waals surface area contributed by atoms with Crippen LogP contribution in [0.5, 0.6) is 0 Å². The Morgan fingerprint density at radius 2 is 2.00 bits per heavy atom. The summed E-state index contributed by atoms with van der Waals surface area (Å²) < 4.78 is 18.8. The van der Waals surface area contributed by atoms with Gasteiger partial charge in [0.15, 0.2) is 5.58 Å². The summed E-state index contributed by atoms with van der Waals surface area (Å²) in [6.45, 7) is 0.463. The molecule has 0 bridgehead atoms. The third-order valence-electron chi connectivity index (χ3n) is 3.98. The summed E-state index contributed by atoms with van der Waals surface area (Å²) in [6, 6.07) is 11.1. The Bertz CT molecular complexity index is 891. The number of nitrogens with zero attached hydrogens (tertiary/aromatic N) is 2. The number of hydrogen-bond donors (Lipinski definition) is 0. The van der Waals surface area contributed by atoms with Crippen molar-refractivity contribution < 1.29 is 13.6 Å². The average molecular weight is 331 g/mol. The van der Waals surface area contributed by atoms with Gasteiger partial charge in [0, 0.05) is 23.7 Å². The molecule has 1 aromatic heterocycles. The van der Waals surface area contributed by atoms with Crippen molar-refractivity contribution in [2.75, 3.05) is 11.4 Å². The molecule has 1 saturated heterocycles. The Labute approximate surface area is 136 Å². The highest BCUT2D eigenvalue weighted by Crippen LogP contribution is 2.33. The average Bonchev–Trinajstić information content (AvgIpc) is 3.11. The third-order valence-corrected chi connectivity index (χ3v) is 4.21. The lowest BCUT2D eigenvalue weighted by Gasteiger charge is -2.15. The molecule has 0 radical (unpaired) electrons. The van der Waals surface area contributed by atoms with Crippen LogP contribution >= 0.6 is 11.6 Å².